The number of ether oxygens (including phenoxy) is 2. The van der Waals surface area contributed by atoms with Gasteiger partial charge >= 0.3 is 12.1 Å². The van der Waals surface area contributed by atoms with Crippen molar-refractivity contribution in [3.63, 3.8) is 0 Å². The van der Waals surface area contributed by atoms with Crippen LogP contribution in [0, 0.1) is 0 Å². The number of alkyl halides is 3. The molecule has 0 atom stereocenters. The summed E-state index contributed by atoms with van der Waals surface area (Å²) in [5.74, 6) is -0.854. The zero-order valence-corrected chi connectivity index (χ0v) is 12.1. The number of hydrogen-bond acceptors (Lipinski definition) is 5. The molecule has 0 aliphatic heterocycles. The molecular weight excluding hydrogens is 303 g/mol. The van der Waals surface area contributed by atoms with E-state index in [4.69, 9.17) is 4.74 Å². The van der Waals surface area contributed by atoms with Crippen LogP contribution in [0.4, 0.5) is 13.2 Å². The van der Waals surface area contributed by atoms with Gasteiger partial charge in [0.25, 0.3) is 0 Å². The van der Waals surface area contributed by atoms with Gasteiger partial charge in [-0.15, -0.1) is 0 Å². The molecule has 120 valence electrons. The molecule has 0 spiro atoms. The minimum atomic E-state index is -4.45. The van der Waals surface area contributed by atoms with Gasteiger partial charge in [0.05, 0.1) is 5.39 Å². The summed E-state index contributed by atoms with van der Waals surface area (Å²) >= 11 is 0. The van der Waals surface area contributed by atoms with Crippen molar-refractivity contribution < 1.29 is 27.4 Å². The maximum Gasteiger partial charge on any atom is 0.422 e. The predicted molar refractivity (Wildman–Crippen MR) is 70.6 cm³/mol. The molecule has 0 unspecified atom stereocenters. The molecule has 0 fully saturated rings. The van der Waals surface area contributed by atoms with Crippen LogP contribution in [-0.2, 0) is 4.74 Å². The van der Waals surface area contributed by atoms with Crippen LogP contribution in [0.2, 0.25) is 0 Å². The highest BCUT2D eigenvalue weighted by Crippen LogP contribution is 2.22. The average molecular weight is 317 g/mol. The summed E-state index contributed by atoms with van der Waals surface area (Å²) in [5.41, 5.74) is -0.530. The third-order valence-corrected chi connectivity index (χ3v) is 2.38. The second kappa shape index (κ2) is 5.47. The van der Waals surface area contributed by atoms with E-state index in [0.29, 0.717) is 5.39 Å². The Bertz CT molecular complexity index is 689. The molecule has 0 aliphatic carbocycles. The lowest BCUT2D eigenvalue weighted by atomic mass is 10.2. The number of H-pyrrole nitrogens is 1. The highest BCUT2D eigenvalue weighted by Gasteiger charge is 2.29. The Balaban J connectivity index is 2.21. The molecule has 0 amide bonds. The Morgan fingerprint density at radius 2 is 1.95 bits per heavy atom. The number of aromatic nitrogens is 3. The maximum atomic E-state index is 12.1. The van der Waals surface area contributed by atoms with Gasteiger partial charge in [-0.3, -0.25) is 5.10 Å². The number of carbonyl (C=O) groups is 1. The van der Waals surface area contributed by atoms with Crippen LogP contribution in [0.3, 0.4) is 0 Å². The molecule has 0 bridgehead atoms. The Labute approximate surface area is 123 Å². The molecular formula is C13H14F3N3O3. The fourth-order valence-corrected chi connectivity index (χ4v) is 1.60. The summed E-state index contributed by atoms with van der Waals surface area (Å²) in [4.78, 5) is 15.8. The smallest absolute Gasteiger partial charge is 0.422 e. The van der Waals surface area contributed by atoms with E-state index in [0.717, 1.165) is 0 Å². The lowest BCUT2D eigenvalue weighted by Crippen LogP contribution is -2.24. The summed E-state index contributed by atoms with van der Waals surface area (Å²) in [7, 11) is 0. The molecule has 9 heteroatoms. The molecule has 0 saturated heterocycles. The Hall–Kier alpha value is -2.32. The first-order chi connectivity index (χ1) is 10.1. The molecule has 0 saturated carbocycles. The van der Waals surface area contributed by atoms with E-state index in [1.165, 1.54) is 12.1 Å². The Morgan fingerprint density at radius 1 is 1.27 bits per heavy atom. The molecule has 0 radical (unpaired) electrons. The Morgan fingerprint density at radius 3 is 2.55 bits per heavy atom. The molecule has 2 aromatic heterocycles. The van der Waals surface area contributed by atoms with Gasteiger partial charge in [0.1, 0.15) is 5.60 Å². The lowest BCUT2D eigenvalue weighted by molar-refractivity contribution is -0.154. The number of nitrogens with one attached hydrogen (secondary N) is 1. The quantitative estimate of drug-likeness (QED) is 0.881. The summed E-state index contributed by atoms with van der Waals surface area (Å²) < 4.78 is 46.0. The number of esters is 1. The summed E-state index contributed by atoms with van der Waals surface area (Å²) in [6.07, 6.45) is -4.45. The zero-order valence-electron chi connectivity index (χ0n) is 12.1. The van der Waals surface area contributed by atoms with Gasteiger partial charge in [-0.25, -0.2) is 4.79 Å². The molecule has 0 aromatic carbocycles. The van der Waals surface area contributed by atoms with E-state index < -0.39 is 24.4 Å². The van der Waals surface area contributed by atoms with E-state index in [1.54, 1.807) is 20.8 Å². The van der Waals surface area contributed by atoms with Gasteiger partial charge in [-0.2, -0.15) is 23.3 Å². The summed E-state index contributed by atoms with van der Waals surface area (Å²) in [6, 6.07) is 2.63. The zero-order chi connectivity index (χ0) is 16.5. The molecule has 2 aromatic rings. The average Bonchev–Trinajstić information content (AvgIpc) is 2.76. The highest BCUT2D eigenvalue weighted by molar-refractivity contribution is 6.01. The summed E-state index contributed by atoms with van der Waals surface area (Å²) in [5, 5.41) is 6.59. The topological polar surface area (TPSA) is 77.1 Å². The molecule has 22 heavy (non-hydrogen) atoms. The van der Waals surface area contributed by atoms with Crippen molar-refractivity contribution in [3.8, 4) is 5.88 Å². The Kier molecular flexibility index (Phi) is 3.99. The standard InChI is InChI=1S/C13H14F3N3O3/c1-12(2,3)22-11(20)9-7-4-5-8(17-10(7)19-18-9)21-6-13(14,15)16/h4-5H,6H2,1-3H3,(H,17,18,19). The molecule has 1 N–H and O–H groups in total. The SMILES string of the molecule is CC(C)(C)OC(=O)c1[nH]nc2nc(OCC(F)(F)F)ccc12. The van der Waals surface area contributed by atoms with Crippen molar-refractivity contribution in [2.45, 2.75) is 32.5 Å². The van der Waals surface area contributed by atoms with Crippen LogP contribution >= 0.6 is 0 Å². The van der Waals surface area contributed by atoms with Crippen molar-refractivity contribution in [2.75, 3.05) is 6.61 Å². The summed E-state index contributed by atoms with van der Waals surface area (Å²) in [6.45, 7) is 3.69. The maximum absolute atomic E-state index is 12.1. The highest BCUT2D eigenvalue weighted by atomic mass is 19.4. The van der Waals surface area contributed by atoms with Gasteiger partial charge in [0, 0.05) is 6.07 Å². The number of pyridine rings is 1. The minimum Gasteiger partial charge on any atom is -0.468 e. The van der Waals surface area contributed by atoms with Gasteiger partial charge in [0.2, 0.25) is 5.88 Å². The number of fused-ring (bicyclic) bond motifs is 1. The van der Waals surface area contributed by atoms with E-state index in [9.17, 15) is 18.0 Å². The number of rotatable bonds is 3. The van der Waals surface area contributed by atoms with Crippen molar-refractivity contribution in [1.29, 1.82) is 0 Å². The van der Waals surface area contributed by atoms with E-state index in [1.807, 2.05) is 0 Å². The van der Waals surface area contributed by atoms with Crippen molar-refractivity contribution in [2.24, 2.45) is 0 Å². The number of aromatic amines is 1. The van der Waals surface area contributed by atoms with E-state index in [-0.39, 0.29) is 17.2 Å². The third-order valence-electron chi connectivity index (χ3n) is 2.38. The van der Waals surface area contributed by atoms with E-state index in [2.05, 4.69) is 19.9 Å². The van der Waals surface area contributed by atoms with Crippen molar-refractivity contribution in [3.05, 3.63) is 17.8 Å². The van der Waals surface area contributed by atoms with Crippen molar-refractivity contribution >= 4 is 17.0 Å². The predicted octanol–water partition coefficient (Wildman–Crippen LogP) is 2.85. The fraction of sp³-hybridized carbons (Fsp3) is 0.462. The normalized spacial score (nSPS) is 12.5. The van der Waals surface area contributed by atoms with Crippen LogP contribution in [0.5, 0.6) is 5.88 Å². The second-order valence-corrected chi connectivity index (χ2v) is 5.53. The van der Waals surface area contributed by atoms with Gasteiger partial charge in [-0.05, 0) is 26.8 Å². The largest absolute Gasteiger partial charge is 0.468 e. The monoisotopic (exact) mass is 317 g/mol. The second-order valence-electron chi connectivity index (χ2n) is 5.53. The first-order valence-corrected chi connectivity index (χ1v) is 6.33. The molecule has 6 nitrogen and oxygen atoms in total. The van der Waals surface area contributed by atoms with Crippen LogP contribution in [0.25, 0.3) is 11.0 Å². The van der Waals surface area contributed by atoms with Crippen LogP contribution in [-0.4, -0.2) is 39.5 Å². The number of halogens is 3. The van der Waals surface area contributed by atoms with Crippen LogP contribution < -0.4 is 4.74 Å². The van der Waals surface area contributed by atoms with Crippen LogP contribution in [0.15, 0.2) is 12.1 Å². The molecule has 0 aliphatic rings. The van der Waals surface area contributed by atoms with Crippen LogP contribution in [0.1, 0.15) is 31.3 Å². The number of hydrogen-bond donors (Lipinski definition) is 1. The van der Waals surface area contributed by atoms with Gasteiger partial charge < -0.3 is 9.47 Å². The fourth-order valence-electron chi connectivity index (χ4n) is 1.60. The number of carbonyl (C=O) groups excluding carboxylic acids is 1. The molecule has 2 rings (SSSR count). The van der Waals surface area contributed by atoms with Crippen molar-refractivity contribution in [1.82, 2.24) is 15.2 Å². The minimum absolute atomic E-state index is 0.0699. The van der Waals surface area contributed by atoms with Gasteiger partial charge in [-0.1, -0.05) is 0 Å². The first kappa shape index (κ1) is 16.1. The third kappa shape index (κ3) is 4.09. The lowest BCUT2D eigenvalue weighted by Gasteiger charge is -2.18. The first-order valence-electron chi connectivity index (χ1n) is 6.33. The van der Waals surface area contributed by atoms with E-state index >= 15 is 0 Å². The number of nitrogens with zero attached hydrogens (tertiary/aromatic N) is 2. The van der Waals surface area contributed by atoms with Gasteiger partial charge in [0.15, 0.2) is 17.9 Å². The molecule has 2 heterocycles.